The lowest BCUT2D eigenvalue weighted by molar-refractivity contribution is 0.351. The third-order valence-electron chi connectivity index (χ3n) is 3.56. The first-order valence-corrected chi connectivity index (χ1v) is 6.57. The van der Waals surface area contributed by atoms with E-state index in [4.69, 9.17) is 4.74 Å². The van der Waals surface area contributed by atoms with Crippen LogP contribution in [-0.2, 0) is 6.42 Å². The van der Waals surface area contributed by atoms with E-state index >= 15 is 0 Å². The number of nitrogens with one attached hydrogen (secondary N) is 1. The van der Waals surface area contributed by atoms with Crippen molar-refractivity contribution in [2.75, 3.05) is 13.7 Å². The Labute approximate surface area is 116 Å². The van der Waals surface area contributed by atoms with E-state index in [1.165, 1.54) is 12.1 Å². The SMILES string of the molecule is CNC(c1cc(F)cc(F)c1)c1cccc2c1OCC2. The third kappa shape index (κ3) is 2.27. The van der Waals surface area contributed by atoms with Crippen molar-refractivity contribution in [1.29, 1.82) is 0 Å². The van der Waals surface area contributed by atoms with Gasteiger partial charge in [-0.15, -0.1) is 0 Å². The monoisotopic (exact) mass is 275 g/mol. The first kappa shape index (κ1) is 13.1. The quantitative estimate of drug-likeness (QED) is 0.928. The Bertz CT molecular complexity index is 622. The second-order valence-corrected chi connectivity index (χ2v) is 4.86. The topological polar surface area (TPSA) is 21.3 Å². The predicted molar refractivity (Wildman–Crippen MR) is 72.9 cm³/mol. The smallest absolute Gasteiger partial charge is 0.127 e. The van der Waals surface area contributed by atoms with Crippen LogP contribution in [0, 0.1) is 11.6 Å². The maximum absolute atomic E-state index is 13.4. The molecule has 4 heteroatoms. The molecule has 1 heterocycles. The molecule has 0 aliphatic carbocycles. The first-order chi connectivity index (χ1) is 9.69. The largest absolute Gasteiger partial charge is 0.493 e. The summed E-state index contributed by atoms with van der Waals surface area (Å²) in [5.74, 6) is -0.320. The molecule has 104 valence electrons. The van der Waals surface area contributed by atoms with Gasteiger partial charge in [0.15, 0.2) is 0 Å². The maximum atomic E-state index is 13.4. The van der Waals surface area contributed by atoms with Gasteiger partial charge in [0, 0.05) is 18.1 Å². The van der Waals surface area contributed by atoms with Crippen molar-refractivity contribution < 1.29 is 13.5 Å². The standard InChI is InChI=1S/C16H15F2NO/c1-19-15(11-7-12(17)9-13(18)8-11)14-4-2-3-10-5-6-20-16(10)14/h2-4,7-9,15,19H,5-6H2,1H3. The van der Waals surface area contributed by atoms with Crippen LogP contribution in [0.15, 0.2) is 36.4 Å². The van der Waals surface area contributed by atoms with E-state index in [1.807, 2.05) is 18.2 Å². The van der Waals surface area contributed by atoms with Crippen LogP contribution in [0.1, 0.15) is 22.7 Å². The molecule has 2 aromatic rings. The molecule has 1 atom stereocenters. The van der Waals surface area contributed by atoms with Gasteiger partial charge in [0.1, 0.15) is 17.4 Å². The number of hydrogen-bond acceptors (Lipinski definition) is 2. The van der Waals surface area contributed by atoms with Crippen molar-refractivity contribution in [3.8, 4) is 5.75 Å². The molecule has 0 radical (unpaired) electrons. The van der Waals surface area contributed by atoms with Crippen LogP contribution >= 0.6 is 0 Å². The molecule has 0 spiro atoms. The lowest BCUT2D eigenvalue weighted by Gasteiger charge is -2.20. The zero-order valence-electron chi connectivity index (χ0n) is 11.1. The van der Waals surface area contributed by atoms with Crippen LogP contribution in [-0.4, -0.2) is 13.7 Å². The average Bonchev–Trinajstić information content (AvgIpc) is 2.87. The number of hydrogen-bond donors (Lipinski definition) is 1. The fraction of sp³-hybridized carbons (Fsp3) is 0.250. The van der Waals surface area contributed by atoms with Crippen molar-refractivity contribution in [1.82, 2.24) is 5.32 Å². The van der Waals surface area contributed by atoms with Crippen molar-refractivity contribution in [3.05, 3.63) is 64.7 Å². The van der Waals surface area contributed by atoms with Crippen LogP contribution in [0.2, 0.25) is 0 Å². The van der Waals surface area contributed by atoms with Crippen LogP contribution < -0.4 is 10.1 Å². The average molecular weight is 275 g/mol. The van der Waals surface area contributed by atoms with Gasteiger partial charge in [0.2, 0.25) is 0 Å². The summed E-state index contributed by atoms with van der Waals surface area (Å²) in [5, 5.41) is 3.11. The number of ether oxygens (including phenoxy) is 1. The lowest BCUT2D eigenvalue weighted by Crippen LogP contribution is -2.18. The van der Waals surface area contributed by atoms with Crippen molar-refractivity contribution in [2.24, 2.45) is 0 Å². The molecule has 3 rings (SSSR count). The molecule has 1 N–H and O–H groups in total. The number of fused-ring (bicyclic) bond motifs is 1. The molecule has 1 aliphatic rings. The summed E-state index contributed by atoms with van der Waals surface area (Å²) in [7, 11) is 1.77. The van der Waals surface area contributed by atoms with E-state index in [2.05, 4.69) is 5.32 Å². The molecule has 1 unspecified atom stereocenters. The Morgan fingerprint density at radius 1 is 1.15 bits per heavy atom. The van der Waals surface area contributed by atoms with Crippen LogP contribution in [0.5, 0.6) is 5.75 Å². The van der Waals surface area contributed by atoms with E-state index in [-0.39, 0.29) is 6.04 Å². The summed E-state index contributed by atoms with van der Waals surface area (Å²) in [6.45, 7) is 0.653. The van der Waals surface area contributed by atoms with Gasteiger partial charge in [-0.25, -0.2) is 8.78 Å². The molecule has 0 aromatic heterocycles. The van der Waals surface area contributed by atoms with Gasteiger partial charge in [-0.05, 0) is 30.3 Å². The van der Waals surface area contributed by atoms with E-state index < -0.39 is 11.6 Å². The summed E-state index contributed by atoms with van der Waals surface area (Å²) >= 11 is 0. The summed E-state index contributed by atoms with van der Waals surface area (Å²) in [5.41, 5.74) is 2.60. The van der Waals surface area contributed by atoms with Gasteiger partial charge < -0.3 is 10.1 Å². The summed E-state index contributed by atoms with van der Waals surface area (Å²) in [4.78, 5) is 0. The maximum Gasteiger partial charge on any atom is 0.127 e. The molecule has 0 amide bonds. The molecule has 0 bridgehead atoms. The predicted octanol–water partition coefficient (Wildman–Crippen LogP) is 3.21. The van der Waals surface area contributed by atoms with Crippen LogP contribution in [0.25, 0.3) is 0 Å². The van der Waals surface area contributed by atoms with Gasteiger partial charge in [-0.1, -0.05) is 18.2 Å². The van der Waals surface area contributed by atoms with E-state index in [1.54, 1.807) is 7.05 Å². The van der Waals surface area contributed by atoms with Crippen molar-refractivity contribution >= 4 is 0 Å². The van der Waals surface area contributed by atoms with Crippen molar-refractivity contribution in [3.63, 3.8) is 0 Å². The Hall–Kier alpha value is -1.94. The zero-order valence-corrected chi connectivity index (χ0v) is 11.1. The highest BCUT2D eigenvalue weighted by Crippen LogP contribution is 2.36. The lowest BCUT2D eigenvalue weighted by atomic mass is 9.96. The number of rotatable bonds is 3. The second-order valence-electron chi connectivity index (χ2n) is 4.86. The molecular weight excluding hydrogens is 260 g/mol. The summed E-state index contributed by atoms with van der Waals surface area (Å²) < 4.78 is 32.5. The van der Waals surface area contributed by atoms with Gasteiger partial charge in [-0.2, -0.15) is 0 Å². The fourth-order valence-corrected chi connectivity index (χ4v) is 2.71. The van der Waals surface area contributed by atoms with E-state index in [0.29, 0.717) is 12.2 Å². The minimum atomic E-state index is -0.575. The molecule has 0 saturated heterocycles. The molecule has 0 fully saturated rings. The number of halogens is 2. The molecule has 0 saturated carbocycles. The molecule has 1 aliphatic heterocycles. The Morgan fingerprint density at radius 2 is 1.90 bits per heavy atom. The van der Waals surface area contributed by atoms with Gasteiger partial charge in [0.05, 0.1) is 12.6 Å². The van der Waals surface area contributed by atoms with Gasteiger partial charge in [-0.3, -0.25) is 0 Å². The van der Waals surface area contributed by atoms with E-state index in [0.717, 1.165) is 29.4 Å². The zero-order chi connectivity index (χ0) is 14.1. The highest BCUT2D eigenvalue weighted by molar-refractivity contribution is 5.48. The Kier molecular flexibility index (Phi) is 3.40. The summed E-state index contributed by atoms with van der Waals surface area (Å²) in [6, 6.07) is 9.16. The molecule has 2 nitrogen and oxygen atoms in total. The highest BCUT2D eigenvalue weighted by Gasteiger charge is 2.23. The fourth-order valence-electron chi connectivity index (χ4n) is 2.71. The number of benzene rings is 2. The van der Waals surface area contributed by atoms with Crippen LogP contribution in [0.4, 0.5) is 8.78 Å². The molecule has 2 aromatic carbocycles. The van der Waals surface area contributed by atoms with Gasteiger partial charge in [0.25, 0.3) is 0 Å². The normalized spacial score (nSPS) is 14.8. The van der Waals surface area contributed by atoms with Crippen molar-refractivity contribution in [2.45, 2.75) is 12.5 Å². The summed E-state index contributed by atoms with van der Waals surface area (Å²) in [6.07, 6.45) is 0.872. The first-order valence-electron chi connectivity index (χ1n) is 6.57. The van der Waals surface area contributed by atoms with Gasteiger partial charge >= 0.3 is 0 Å². The second kappa shape index (κ2) is 5.21. The van der Waals surface area contributed by atoms with Crippen LogP contribution in [0.3, 0.4) is 0 Å². The minimum Gasteiger partial charge on any atom is -0.493 e. The highest BCUT2D eigenvalue weighted by atomic mass is 19.1. The minimum absolute atomic E-state index is 0.298. The number of para-hydroxylation sites is 1. The Balaban J connectivity index is 2.08. The Morgan fingerprint density at radius 3 is 2.60 bits per heavy atom. The third-order valence-corrected chi connectivity index (χ3v) is 3.56. The molecule has 20 heavy (non-hydrogen) atoms. The molecular formula is C16H15F2NO. The van der Waals surface area contributed by atoms with E-state index in [9.17, 15) is 8.78 Å².